The second-order valence-electron chi connectivity index (χ2n) is 6.24. The first-order chi connectivity index (χ1) is 12.4. The molecule has 3 aromatic heterocycles. The SMILES string of the molecule is Cl.NC1(c2noc(-c3cn(-c4ccc(C(F)(F)F)cn4)nn3)n2)CCCC1. The first-order valence-corrected chi connectivity index (χ1v) is 7.95. The van der Waals surface area contributed by atoms with E-state index in [9.17, 15) is 13.2 Å². The van der Waals surface area contributed by atoms with Crippen LogP contribution in [0.5, 0.6) is 0 Å². The average Bonchev–Trinajstić information content (AvgIpc) is 3.34. The van der Waals surface area contributed by atoms with Gasteiger partial charge in [0.25, 0.3) is 5.89 Å². The van der Waals surface area contributed by atoms with Crippen LogP contribution in [0.2, 0.25) is 0 Å². The molecule has 1 saturated carbocycles. The predicted molar refractivity (Wildman–Crippen MR) is 89.0 cm³/mol. The molecule has 0 radical (unpaired) electrons. The molecule has 27 heavy (non-hydrogen) atoms. The molecule has 8 nitrogen and oxygen atoms in total. The number of halogens is 4. The summed E-state index contributed by atoms with van der Waals surface area (Å²) >= 11 is 0. The van der Waals surface area contributed by atoms with Crippen molar-refractivity contribution in [2.45, 2.75) is 37.4 Å². The molecule has 1 aliphatic rings. The monoisotopic (exact) mass is 401 g/mol. The van der Waals surface area contributed by atoms with Gasteiger partial charge in [0.2, 0.25) is 0 Å². The number of hydrogen-bond donors (Lipinski definition) is 1. The number of nitrogens with two attached hydrogens (primary N) is 1. The van der Waals surface area contributed by atoms with Gasteiger partial charge in [0.15, 0.2) is 17.3 Å². The first kappa shape index (κ1) is 19.2. The maximum Gasteiger partial charge on any atom is 0.417 e. The van der Waals surface area contributed by atoms with Gasteiger partial charge in [-0.15, -0.1) is 17.5 Å². The summed E-state index contributed by atoms with van der Waals surface area (Å²) < 4.78 is 44.2. The summed E-state index contributed by atoms with van der Waals surface area (Å²) in [6, 6.07) is 2.13. The van der Waals surface area contributed by atoms with Gasteiger partial charge in [-0.2, -0.15) is 18.2 Å². The lowest BCUT2D eigenvalue weighted by atomic mass is 9.99. The van der Waals surface area contributed by atoms with Gasteiger partial charge in [-0.25, -0.2) is 9.67 Å². The molecule has 3 aromatic rings. The Labute approximate surface area is 157 Å². The lowest BCUT2D eigenvalue weighted by molar-refractivity contribution is -0.137. The third kappa shape index (κ3) is 3.65. The Morgan fingerprint density at radius 2 is 1.93 bits per heavy atom. The molecule has 3 heterocycles. The predicted octanol–water partition coefficient (Wildman–Crippen LogP) is 2.88. The fraction of sp³-hybridized carbons (Fsp3) is 0.400. The number of hydrogen-bond acceptors (Lipinski definition) is 7. The van der Waals surface area contributed by atoms with E-state index >= 15 is 0 Å². The van der Waals surface area contributed by atoms with Crippen molar-refractivity contribution < 1.29 is 17.7 Å². The van der Waals surface area contributed by atoms with Crippen molar-refractivity contribution in [3.63, 3.8) is 0 Å². The van der Waals surface area contributed by atoms with Crippen LogP contribution < -0.4 is 5.73 Å². The van der Waals surface area contributed by atoms with Crippen LogP contribution in [-0.4, -0.2) is 30.1 Å². The maximum absolute atomic E-state index is 12.6. The van der Waals surface area contributed by atoms with Gasteiger partial charge in [-0.3, -0.25) is 0 Å². The zero-order valence-corrected chi connectivity index (χ0v) is 14.7. The van der Waals surface area contributed by atoms with Crippen LogP contribution in [0, 0.1) is 0 Å². The Morgan fingerprint density at radius 3 is 2.56 bits per heavy atom. The highest BCUT2D eigenvalue weighted by Crippen LogP contribution is 2.35. The van der Waals surface area contributed by atoms with Crippen LogP contribution in [0.15, 0.2) is 29.0 Å². The quantitative estimate of drug-likeness (QED) is 0.718. The second kappa shape index (κ2) is 6.89. The highest BCUT2D eigenvalue weighted by atomic mass is 35.5. The van der Waals surface area contributed by atoms with Crippen LogP contribution in [0.3, 0.4) is 0 Å². The molecule has 0 unspecified atom stereocenters. The molecule has 0 aromatic carbocycles. The maximum atomic E-state index is 12.6. The van der Waals surface area contributed by atoms with Crippen molar-refractivity contribution in [3.05, 3.63) is 35.9 Å². The lowest BCUT2D eigenvalue weighted by Crippen LogP contribution is -2.34. The number of alkyl halides is 3. The summed E-state index contributed by atoms with van der Waals surface area (Å²) in [6.45, 7) is 0. The summed E-state index contributed by atoms with van der Waals surface area (Å²) in [4.78, 5) is 8.06. The van der Waals surface area contributed by atoms with E-state index in [1.807, 2.05) is 0 Å². The molecule has 0 spiro atoms. The summed E-state index contributed by atoms with van der Waals surface area (Å²) in [6.07, 6.45) is 1.33. The van der Waals surface area contributed by atoms with Crippen molar-refractivity contribution >= 4 is 12.4 Å². The molecule has 144 valence electrons. The van der Waals surface area contributed by atoms with Crippen LogP contribution in [-0.2, 0) is 11.7 Å². The largest absolute Gasteiger partial charge is 0.417 e. The fourth-order valence-corrected chi connectivity index (χ4v) is 2.92. The summed E-state index contributed by atoms with van der Waals surface area (Å²) in [5.41, 5.74) is 5.14. The summed E-state index contributed by atoms with van der Waals surface area (Å²) in [5.74, 6) is 0.754. The van der Waals surface area contributed by atoms with Crippen molar-refractivity contribution in [2.75, 3.05) is 0 Å². The molecule has 2 N–H and O–H groups in total. The first-order valence-electron chi connectivity index (χ1n) is 7.95. The fourth-order valence-electron chi connectivity index (χ4n) is 2.92. The minimum Gasteiger partial charge on any atom is -0.332 e. The molecule has 1 fully saturated rings. The second-order valence-corrected chi connectivity index (χ2v) is 6.24. The zero-order valence-electron chi connectivity index (χ0n) is 13.8. The van der Waals surface area contributed by atoms with E-state index < -0.39 is 17.3 Å². The van der Waals surface area contributed by atoms with E-state index in [1.165, 1.54) is 16.9 Å². The van der Waals surface area contributed by atoms with Gasteiger partial charge >= 0.3 is 6.18 Å². The highest BCUT2D eigenvalue weighted by Gasteiger charge is 2.36. The third-order valence-electron chi connectivity index (χ3n) is 4.39. The van der Waals surface area contributed by atoms with Crippen LogP contribution in [0.1, 0.15) is 37.1 Å². The molecule has 0 aliphatic heterocycles. The highest BCUT2D eigenvalue weighted by molar-refractivity contribution is 5.85. The smallest absolute Gasteiger partial charge is 0.332 e. The van der Waals surface area contributed by atoms with Crippen molar-refractivity contribution in [2.24, 2.45) is 5.73 Å². The molecule has 0 bridgehead atoms. The minimum absolute atomic E-state index is 0. The Hall–Kier alpha value is -2.53. The minimum atomic E-state index is -4.45. The van der Waals surface area contributed by atoms with Crippen LogP contribution >= 0.6 is 12.4 Å². The number of pyridine rings is 1. The standard InChI is InChI=1S/C15H14F3N7O.ClH/c16-15(17,18)9-3-4-11(20-7-9)25-8-10(22-24-25)12-21-13(23-26-12)14(19)5-1-2-6-14;/h3-4,7-8H,1-2,5-6,19H2;1H. The average molecular weight is 402 g/mol. The van der Waals surface area contributed by atoms with Gasteiger partial charge in [0, 0.05) is 6.20 Å². The zero-order chi connectivity index (χ0) is 18.4. The van der Waals surface area contributed by atoms with Gasteiger partial charge < -0.3 is 10.3 Å². The Bertz CT molecular complexity index is 916. The van der Waals surface area contributed by atoms with Gasteiger partial charge in [0.1, 0.15) is 0 Å². The van der Waals surface area contributed by atoms with Gasteiger partial charge in [-0.1, -0.05) is 23.2 Å². The Morgan fingerprint density at radius 1 is 1.19 bits per heavy atom. The summed E-state index contributed by atoms with van der Waals surface area (Å²) in [7, 11) is 0. The van der Waals surface area contributed by atoms with Crippen LogP contribution in [0.25, 0.3) is 17.4 Å². The Kier molecular flexibility index (Phi) is 4.91. The number of aromatic nitrogens is 6. The van der Waals surface area contributed by atoms with Crippen molar-refractivity contribution in [1.82, 2.24) is 30.1 Å². The van der Waals surface area contributed by atoms with Gasteiger partial charge in [0.05, 0.1) is 17.3 Å². The van der Waals surface area contributed by atoms with E-state index in [0.29, 0.717) is 5.82 Å². The molecular formula is C15H15ClF3N7O. The molecule has 4 rings (SSSR count). The Balaban J connectivity index is 0.00000210. The lowest BCUT2D eigenvalue weighted by Gasteiger charge is -2.17. The molecule has 12 heteroatoms. The molecular weight excluding hydrogens is 387 g/mol. The molecule has 1 aliphatic carbocycles. The topological polar surface area (TPSA) is 109 Å². The molecule has 0 amide bonds. The number of nitrogens with zero attached hydrogens (tertiary/aromatic N) is 6. The number of rotatable bonds is 3. The van der Waals surface area contributed by atoms with Crippen LogP contribution in [0.4, 0.5) is 13.2 Å². The van der Waals surface area contributed by atoms with Gasteiger partial charge in [-0.05, 0) is 25.0 Å². The van der Waals surface area contributed by atoms with E-state index in [2.05, 4.69) is 25.4 Å². The van der Waals surface area contributed by atoms with Crippen molar-refractivity contribution in [1.29, 1.82) is 0 Å². The van der Waals surface area contributed by atoms with Crippen molar-refractivity contribution in [3.8, 4) is 17.4 Å². The third-order valence-corrected chi connectivity index (χ3v) is 4.39. The van der Waals surface area contributed by atoms with E-state index in [1.54, 1.807) is 0 Å². The normalized spacial score (nSPS) is 16.3. The molecule has 0 atom stereocenters. The molecule has 0 saturated heterocycles. The van der Waals surface area contributed by atoms with E-state index in [-0.39, 0.29) is 29.8 Å². The van der Waals surface area contributed by atoms with E-state index in [0.717, 1.165) is 37.9 Å². The van der Waals surface area contributed by atoms with E-state index in [4.69, 9.17) is 10.3 Å². The summed E-state index contributed by atoms with van der Waals surface area (Å²) in [5, 5.41) is 11.7.